The first-order chi connectivity index (χ1) is 12.8. The summed E-state index contributed by atoms with van der Waals surface area (Å²) in [5.74, 6) is 1.54. The molecule has 0 aliphatic heterocycles. The molecule has 26 heavy (non-hydrogen) atoms. The lowest BCUT2D eigenvalue weighted by Gasteiger charge is -2.10. The van der Waals surface area contributed by atoms with Gasteiger partial charge in [0, 0.05) is 23.4 Å². The van der Waals surface area contributed by atoms with Crippen molar-refractivity contribution in [3.8, 4) is 6.07 Å². The molecule has 0 heterocycles. The molecule has 0 aliphatic rings. The first-order valence-corrected chi connectivity index (χ1v) is 9.52. The third-order valence-corrected chi connectivity index (χ3v) is 4.97. The highest BCUT2D eigenvalue weighted by atomic mass is 32.2. The smallest absolute Gasteiger partial charge is 0.319 e. The SMILES string of the molecule is N#Cc1ccccc1CSCCNC(=O)Nc1cccc2ccccc12. The number of urea groups is 1. The van der Waals surface area contributed by atoms with Crippen LogP contribution in [-0.4, -0.2) is 18.3 Å². The predicted octanol–water partition coefficient (Wildman–Crippen LogP) is 4.77. The Bertz CT molecular complexity index is 944. The molecule has 0 unspecified atom stereocenters. The number of hydrogen-bond acceptors (Lipinski definition) is 3. The number of benzene rings is 3. The van der Waals surface area contributed by atoms with Gasteiger partial charge in [-0.25, -0.2) is 4.79 Å². The minimum atomic E-state index is -0.209. The summed E-state index contributed by atoms with van der Waals surface area (Å²) in [4.78, 5) is 12.1. The highest BCUT2D eigenvalue weighted by Crippen LogP contribution is 2.22. The van der Waals surface area contributed by atoms with Gasteiger partial charge in [-0.3, -0.25) is 0 Å². The van der Waals surface area contributed by atoms with Crippen LogP contribution >= 0.6 is 11.8 Å². The van der Waals surface area contributed by atoms with E-state index in [1.165, 1.54) is 0 Å². The highest BCUT2D eigenvalue weighted by molar-refractivity contribution is 7.98. The summed E-state index contributed by atoms with van der Waals surface area (Å²) in [6, 6.07) is 23.4. The largest absolute Gasteiger partial charge is 0.337 e. The second-order valence-corrected chi connectivity index (χ2v) is 6.83. The highest BCUT2D eigenvalue weighted by Gasteiger charge is 2.05. The molecule has 0 saturated carbocycles. The number of nitrogens with zero attached hydrogens (tertiary/aromatic N) is 1. The molecule has 0 radical (unpaired) electrons. The van der Waals surface area contributed by atoms with Gasteiger partial charge in [0.25, 0.3) is 0 Å². The molecule has 0 spiro atoms. The Labute approximate surface area is 157 Å². The summed E-state index contributed by atoms with van der Waals surface area (Å²) in [5.41, 5.74) is 2.54. The van der Waals surface area contributed by atoms with Gasteiger partial charge >= 0.3 is 6.03 Å². The maximum absolute atomic E-state index is 12.1. The van der Waals surface area contributed by atoms with Gasteiger partial charge in [0.15, 0.2) is 0 Å². The molecule has 3 aromatic rings. The van der Waals surface area contributed by atoms with E-state index >= 15 is 0 Å². The summed E-state index contributed by atoms with van der Waals surface area (Å²) in [6.45, 7) is 0.565. The Morgan fingerprint density at radius 2 is 1.77 bits per heavy atom. The molecular formula is C21H19N3OS. The number of hydrogen-bond donors (Lipinski definition) is 2. The van der Waals surface area contributed by atoms with Crippen LogP contribution in [0.15, 0.2) is 66.7 Å². The molecule has 3 rings (SSSR count). The van der Waals surface area contributed by atoms with Gasteiger partial charge in [-0.15, -0.1) is 0 Å². The van der Waals surface area contributed by atoms with Crippen LogP contribution in [0, 0.1) is 11.3 Å². The number of amides is 2. The van der Waals surface area contributed by atoms with Gasteiger partial charge in [-0.2, -0.15) is 17.0 Å². The zero-order valence-corrected chi connectivity index (χ0v) is 15.1. The lowest BCUT2D eigenvalue weighted by Crippen LogP contribution is -2.30. The predicted molar refractivity (Wildman–Crippen MR) is 108 cm³/mol. The number of carbonyl (C=O) groups excluding carboxylic acids is 1. The molecule has 5 heteroatoms. The number of rotatable bonds is 6. The first-order valence-electron chi connectivity index (χ1n) is 8.36. The molecule has 3 aromatic carbocycles. The van der Waals surface area contributed by atoms with Crippen LogP contribution in [0.25, 0.3) is 10.8 Å². The van der Waals surface area contributed by atoms with Crippen molar-refractivity contribution in [3.63, 3.8) is 0 Å². The van der Waals surface area contributed by atoms with Crippen LogP contribution in [0.3, 0.4) is 0 Å². The first kappa shape index (κ1) is 17.8. The fourth-order valence-electron chi connectivity index (χ4n) is 2.68. The van der Waals surface area contributed by atoms with E-state index < -0.39 is 0 Å². The number of carbonyl (C=O) groups is 1. The van der Waals surface area contributed by atoms with Crippen LogP contribution in [-0.2, 0) is 5.75 Å². The van der Waals surface area contributed by atoms with E-state index in [1.54, 1.807) is 11.8 Å². The Morgan fingerprint density at radius 1 is 1.00 bits per heavy atom. The number of fused-ring (bicyclic) bond motifs is 1. The molecule has 0 bridgehead atoms. The summed E-state index contributed by atoms with van der Waals surface area (Å²) >= 11 is 1.69. The van der Waals surface area contributed by atoms with Gasteiger partial charge < -0.3 is 10.6 Å². The van der Waals surface area contributed by atoms with E-state index in [0.29, 0.717) is 12.1 Å². The molecule has 2 N–H and O–H groups in total. The van der Waals surface area contributed by atoms with Crippen LogP contribution in [0.4, 0.5) is 10.5 Å². The average molecular weight is 361 g/mol. The topological polar surface area (TPSA) is 64.9 Å². The molecule has 0 atom stereocenters. The Balaban J connectivity index is 1.45. The zero-order chi connectivity index (χ0) is 18.2. The number of anilines is 1. The second kappa shape index (κ2) is 8.93. The second-order valence-electron chi connectivity index (χ2n) is 5.73. The third kappa shape index (κ3) is 4.56. The standard InChI is InChI=1S/C21H19N3OS/c22-14-17-7-1-2-8-18(17)15-26-13-12-23-21(25)24-20-11-5-9-16-6-3-4-10-19(16)20/h1-11H,12-13,15H2,(H2,23,24,25). The van der Waals surface area contributed by atoms with Crippen LogP contribution in [0.1, 0.15) is 11.1 Å². The van der Waals surface area contributed by atoms with Gasteiger partial charge in [0.05, 0.1) is 17.3 Å². The van der Waals surface area contributed by atoms with Gasteiger partial charge in [-0.05, 0) is 23.1 Å². The van der Waals surface area contributed by atoms with Crippen LogP contribution in [0.5, 0.6) is 0 Å². The van der Waals surface area contributed by atoms with Crippen molar-refractivity contribution in [1.29, 1.82) is 5.26 Å². The van der Waals surface area contributed by atoms with Crippen LogP contribution < -0.4 is 10.6 Å². The minimum absolute atomic E-state index is 0.209. The van der Waals surface area contributed by atoms with Crippen molar-refractivity contribution in [1.82, 2.24) is 5.32 Å². The maximum atomic E-state index is 12.1. The van der Waals surface area contributed by atoms with Crippen molar-refractivity contribution in [2.24, 2.45) is 0 Å². The van der Waals surface area contributed by atoms with E-state index in [2.05, 4.69) is 16.7 Å². The van der Waals surface area contributed by atoms with E-state index in [4.69, 9.17) is 5.26 Å². The lowest BCUT2D eigenvalue weighted by molar-refractivity contribution is 0.252. The molecule has 2 amide bonds. The van der Waals surface area contributed by atoms with E-state index in [-0.39, 0.29) is 6.03 Å². The van der Waals surface area contributed by atoms with Crippen molar-refractivity contribution in [2.75, 3.05) is 17.6 Å². The Hall–Kier alpha value is -2.97. The maximum Gasteiger partial charge on any atom is 0.319 e. The molecular weight excluding hydrogens is 342 g/mol. The fraction of sp³-hybridized carbons (Fsp3) is 0.143. The molecule has 0 saturated heterocycles. The summed E-state index contributed by atoms with van der Waals surface area (Å²) < 4.78 is 0. The van der Waals surface area contributed by atoms with E-state index in [0.717, 1.165) is 33.5 Å². The van der Waals surface area contributed by atoms with E-state index in [9.17, 15) is 4.79 Å². The van der Waals surface area contributed by atoms with Crippen molar-refractivity contribution in [2.45, 2.75) is 5.75 Å². The van der Waals surface area contributed by atoms with Gasteiger partial charge in [-0.1, -0.05) is 54.6 Å². The number of nitrogens with one attached hydrogen (secondary N) is 2. The van der Waals surface area contributed by atoms with Crippen molar-refractivity contribution in [3.05, 3.63) is 77.9 Å². The Morgan fingerprint density at radius 3 is 2.65 bits per heavy atom. The molecule has 0 aromatic heterocycles. The monoisotopic (exact) mass is 361 g/mol. The Kier molecular flexibility index (Phi) is 6.13. The quantitative estimate of drug-likeness (QED) is 0.622. The molecule has 4 nitrogen and oxygen atoms in total. The van der Waals surface area contributed by atoms with Crippen molar-refractivity contribution >= 4 is 34.3 Å². The number of nitriles is 1. The lowest BCUT2D eigenvalue weighted by atomic mass is 10.1. The zero-order valence-electron chi connectivity index (χ0n) is 14.2. The van der Waals surface area contributed by atoms with Crippen LogP contribution in [0.2, 0.25) is 0 Å². The molecule has 130 valence electrons. The van der Waals surface area contributed by atoms with Crippen molar-refractivity contribution < 1.29 is 4.79 Å². The fourth-order valence-corrected chi connectivity index (χ4v) is 3.54. The minimum Gasteiger partial charge on any atom is -0.337 e. The summed E-state index contributed by atoms with van der Waals surface area (Å²) in [7, 11) is 0. The normalized spacial score (nSPS) is 10.3. The average Bonchev–Trinajstić information content (AvgIpc) is 2.68. The third-order valence-electron chi connectivity index (χ3n) is 3.97. The van der Waals surface area contributed by atoms with E-state index in [1.807, 2.05) is 66.7 Å². The van der Waals surface area contributed by atoms with Gasteiger partial charge in [0.2, 0.25) is 0 Å². The summed E-state index contributed by atoms with van der Waals surface area (Å²) in [5, 5.41) is 17.0. The molecule has 0 fully saturated rings. The van der Waals surface area contributed by atoms with Gasteiger partial charge in [0.1, 0.15) is 0 Å². The summed E-state index contributed by atoms with van der Waals surface area (Å²) in [6.07, 6.45) is 0. The number of thioether (sulfide) groups is 1. The molecule has 0 aliphatic carbocycles.